The topological polar surface area (TPSA) is 58.4 Å². The highest BCUT2D eigenvalue weighted by atomic mass is 16.3. The molecule has 24 heavy (non-hydrogen) atoms. The first kappa shape index (κ1) is 16.7. The van der Waals surface area contributed by atoms with Gasteiger partial charge in [0.15, 0.2) is 5.75 Å². The Morgan fingerprint density at radius 2 is 2.00 bits per heavy atom. The summed E-state index contributed by atoms with van der Waals surface area (Å²) in [5.41, 5.74) is 1.96. The molecule has 0 radical (unpaired) electrons. The highest BCUT2D eigenvalue weighted by molar-refractivity contribution is 5.21. The standard InChI is InChI=1S/C19H25N3O2/c1-21(11-8-15-6-9-20-10-7-15)13-17-12-18(23)19(24)14-22(17)16-4-2-3-5-16/h6-7,9-10,12,14,16,24H,2-5,8,11,13H2,1H3. The molecule has 0 unspecified atom stereocenters. The minimum atomic E-state index is -0.290. The lowest BCUT2D eigenvalue weighted by atomic mass is 10.2. The van der Waals surface area contributed by atoms with E-state index in [2.05, 4.69) is 21.5 Å². The van der Waals surface area contributed by atoms with Gasteiger partial charge in [0.25, 0.3) is 0 Å². The van der Waals surface area contributed by atoms with E-state index in [9.17, 15) is 9.90 Å². The van der Waals surface area contributed by atoms with Crippen molar-refractivity contribution in [3.63, 3.8) is 0 Å². The molecule has 0 bridgehead atoms. The van der Waals surface area contributed by atoms with Crippen molar-refractivity contribution in [3.8, 4) is 5.75 Å². The van der Waals surface area contributed by atoms with Gasteiger partial charge in [0, 0.05) is 43.3 Å². The Balaban J connectivity index is 1.71. The summed E-state index contributed by atoms with van der Waals surface area (Å²) in [6, 6.07) is 6.06. The molecule has 1 aliphatic carbocycles. The molecule has 1 saturated carbocycles. The third kappa shape index (κ3) is 4.03. The summed E-state index contributed by atoms with van der Waals surface area (Å²) in [5.74, 6) is -0.148. The molecule has 0 amide bonds. The molecule has 5 nitrogen and oxygen atoms in total. The molecule has 1 fully saturated rings. The normalized spacial score (nSPS) is 15.2. The van der Waals surface area contributed by atoms with E-state index >= 15 is 0 Å². The summed E-state index contributed by atoms with van der Waals surface area (Å²) in [7, 11) is 2.07. The molecule has 0 aromatic carbocycles. The van der Waals surface area contributed by atoms with Crippen LogP contribution >= 0.6 is 0 Å². The van der Waals surface area contributed by atoms with Crippen LogP contribution in [0.4, 0.5) is 0 Å². The smallest absolute Gasteiger partial charge is 0.223 e. The molecule has 0 atom stereocenters. The van der Waals surface area contributed by atoms with Crippen LogP contribution in [0.5, 0.6) is 5.75 Å². The van der Waals surface area contributed by atoms with Gasteiger partial charge < -0.3 is 14.6 Å². The molecule has 1 aliphatic rings. The Bertz CT molecular complexity index is 721. The first-order chi connectivity index (χ1) is 11.6. The molecular weight excluding hydrogens is 302 g/mol. The van der Waals surface area contributed by atoms with Crippen molar-refractivity contribution >= 4 is 0 Å². The van der Waals surface area contributed by atoms with Crippen molar-refractivity contribution in [1.29, 1.82) is 0 Å². The Morgan fingerprint density at radius 3 is 2.71 bits per heavy atom. The van der Waals surface area contributed by atoms with Crippen LogP contribution in [0.25, 0.3) is 0 Å². The maximum Gasteiger partial charge on any atom is 0.223 e. The fourth-order valence-electron chi connectivity index (χ4n) is 3.45. The molecule has 0 aliphatic heterocycles. The van der Waals surface area contributed by atoms with E-state index in [0.29, 0.717) is 12.6 Å². The molecule has 2 aromatic rings. The predicted octanol–water partition coefficient (Wildman–Crippen LogP) is 2.74. The van der Waals surface area contributed by atoms with Gasteiger partial charge in [-0.25, -0.2) is 0 Å². The van der Waals surface area contributed by atoms with Crippen molar-refractivity contribution in [2.24, 2.45) is 0 Å². The second-order valence-electron chi connectivity index (χ2n) is 6.70. The molecule has 128 valence electrons. The first-order valence-electron chi connectivity index (χ1n) is 8.65. The summed E-state index contributed by atoms with van der Waals surface area (Å²) in [5, 5.41) is 9.82. The maximum absolute atomic E-state index is 11.9. The summed E-state index contributed by atoms with van der Waals surface area (Å²) in [6.07, 6.45) is 10.9. The Hall–Kier alpha value is -2.14. The molecular formula is C19H25N3O2. The van der Waals surface area contributed by atoms with Crippen LogP contribution in [0, 0.1) is 0 Å². The van der Waals surface area contributed by atoms with Crippen LogP contribution in [0.3, 0.4) is 0 Å². The van der Waals surface area contributed by atoms with E-state index in [1.807, 2.05) is 24.5 Å². The minimum Gasteiger partial charge on any atom is -0.503 e. The van der Waals surface area contributed by atoms with E-state index in [4.69, 9.17) is 0 Å². The highest BCUT2D eigenvalue weighted by Gasteiger charge is 2.20. The van der Waals surface area contributed by atoms with Crippen molar-refractivity contribution in [3.05, 3.63) is 58.3 Å². The lowest BCUT2D eigenvalue weighted by Gasteiger charge is -2.24. The highest BCUT2D eigenvalue weighted by Crippen LogP contribution is 2.31. The van der Waals surface area contributed by atoms with E-state index in [0.717, 1.165) is 31.5 Å². The minimum absolute atomic E-state index is 0.148. The number of pyridine rings is 2. The lowest BCUT2D eigenvalue weighted by Crippen LogP contribution is -2.25. The molecule has 2 heterocycles. The fraction of sp³-hybridized carbons (Fsp3) is 0.474. The van der Waals surface area contributed by atoms with Gasteiger partial charge >= 0.3 is 0 Å². The Kier molecular flexibility index (Phi) is 5.30. The summed E-state index contributed by atoms with van der Waals surface area (Å²) in [6.45, 7) is 1.61. The summed E-state index contributed by atoms with van der Waals surface area (Å²) < 4.78 is 2.12. The van der Waals surface area contributed by atoms with Crippen molar-refractivity contribution < 1.29 is 5.11 Å². The SMILES string of the molecule is CN(CCc1ccncc1)Cc1cc(=O)c(O)cn1C1CCCC1. The third-order valence-electron chi connectivity index (χ3n) is 4.82. The average Bonchev–Trinajstić information content (AvgIpc) is 3.11. The van der Waals surface area contributed by atoms with E-state index < -0.39 is 0 Å². The van der Waals surface area contributed by atoms with E-state index in [1.165, 1.54) is 18.4 Å². The zero-order valence-corrected chi connectivity index (χ0v) is 14.2. The van der Waals surface area contributed by atoms with Gasteiger partial charge in [-0.2, -0.15) is 0 Å². The van der Waals surface area contributed by atoms with Crippen molar-refractivity contribution in [2.75, 3.05) is 13.6 Å². The average molecular weight is 327 g/mol. The van der Waals surface area contributed by atoms with Crippen molar-refractivity contribution in [1.82, 2.24) is 14.5 Å². The van der Waals surface area contributed by atoms with Gasteiger partial charge in [-0.1, -0.05) is 12.8 Å². The quantitative estimate of drug-likeness (QED) is 0.886. The van der Waals surface area contributed by atoms with Crippen molar-refractivity contribution in [2.45, 2.75) is 44.7 Å². The largest absolute Gasteiger partial charge is 0.503 e. The van der Waals surface area contributed by atoms with Gasteiger partial charge in [0.2, 0.25) is 5.43 Å². The molecule has 5 heteroatoms. The number of aromatic hydroxyl groups is 1. The first-order valence-corrected chi connectivity index (χ1v) is 8.65. The number of hydrogen-bond acceptors (Lipinski definition) is 4. The molecule has 0 spiro atoms. The van der Waals surface area contributed by atoms with Gasteiger partial charge in [0.1, 0.15) is 0 Å². The molecule has 3 rings (SSSR count). The van der Waals surface area contributed by atoms with Gasteiger partial charge in [-0.05, 0) is 44.0 Å². The second kappa shape index (κ2) is 7.62. The van der Waals surface area contributed by atoms with Crippen LogP contribution in [0.15, 0.2) is 41.6 Å². The number of likely N-dealkylation sites (N-methyl/N-ethyl adjacent to an activating group) is 1. The number of rotatable bonds is 6. The zero-order chi connectivity index (χ0) is 16.9. The number of nitrogens with zero attached hydrogens (tertiary/aromatic N) is 3. The lowest BCUT2D eigenvalue weighted by molar-refractivity contribution is 0.312. The van der Waals surface area contributed by atoms with Crippen LogP contribution in [-0.4, -0.2) is 33.1 Å². The Morgan fingerprint density at radius 1 is 1.29 bits per heavy atom. The molecule has 1 N–H and O–H groups in total. The molecule has 2 aromatic heterocycles. The third-order valence-corrected chi connectivity index (χ3v) is 4.82. The monoisotopic (exact) mass is 327 g/mol. The van der Waals surface area contributed by atoms with E-state index in [1.54, 1.807) is 12.3 Å². The fourth-order valence-corrected chi connectivity index (χ4v) is 3.45. The predicted molar refractivity (Wildman–Crippen MR) is 94.1 cm³/mol. The zero-order valence-electron chi connectivity index (χ0n) is 14.2. The summed E-state index contributed by atoms with van der Waals surface area (Å²) in [4.78, 5) is 18.1. The van der Waals surface area contributed by atoms with Gasteiger partial charge in [-0.3, -0.25) is 9.78 Å². The summed E-state index contributed by atoms with van der Waals surface area (Å²) >= 11 is 0. The number of hydrogen-bond donors (Lipinski definition) is 1. The van der Waals surface area contributed by atoms with Gasteiger partial charge in [0.05, 0.1) is 6.20 Å². The van der Waals surface area contributed by atoms with Crippen LogP contribution in [-0.2, 0) is 13.0 Å². The van der Waals surface area contributed by atoms with Crippen LogP contribution in [0.2, 0.25) is 0 Å². The van der Waals surface area contributed by atoms with E-state index in [-0.39, 0.29) is 11.2 Å². The second-order valence-corrected chi connectivity index (χ2v) is 6.70. The van der Waals surface area contributed by atoms with Crippen LogP contribution < -0.4 is 5.43 Å². The molecule has 0 saturated heterocycles. The van der Waals surface area contributed by atoms with Crippen LogP contribution in [0.1, 0.15) is 43.0 Å². The Labute approximate surface area is 142 Å². The maximum atomic E-state index is 11.9. The van der Waals surface area contributed by atoms with Gasteiger partial charge in [-0.15, -0.1) is 0 Å². The number of aromatic nitrogens is 2.